The van der Waals surface area contributed by atoms with Gasteiger partial charge in [0.05, 0.1) is 17.7 Å². The number of para-hydroxylation sites is 1. The molecule has 1 aromatic heterocycles. The third-order valence-electron chi connectivity index (χ3n) is 3.72. The van der Waals surface area contributed by atoms with E-state index >= 15 is 0 Å². The van der Waals surface area contributed by atoms with Gasteiger partial charge >= 0.3 is 5.97 Å². The third kappa shape index (κ3) is 3.23. The smallest absolute Gasteiger partial charge is 0.338 e. The van der Waals surface area contributed by atoms with E-state index in [1.807, 2.05) is 50.2 Å². The van der Waals surface area contributed by atoms with Crippen molar-refractivity contribution in [2.45, 2.75) is 20.8 Å². The van der Waals surface area contributed by atoms with Crippen LogP contribution in [-0.4, -0.2) is 17.6 Å². The lowest BCUT2D eigenvalue weighted by molar-refractivity contribution is 0.0526. The van der Waals surface area contributed by atoms with Crippen LogP contribution in [0, 0.1) is 13.8 Å². The highest BCUT2D eigenvalue weighted by molar-refractivity contribution is 5.96. The van der Waals surface area contributed by atoms with Crippen LogP contribution >= 0.6 is 0 Å². The van der Waals surface area contributed by atoms with Crippen LogP contribution < -0.4 is 4.74 Å². The summed E-state index contributed by atoms with van der Waals surface area (Å²) in [4.78, 5) is 16.5. The van der Waals surface area contributed by atoms with Crippen LogP contribution in [0.5, 0.6) is 11.5 Å². The lowest BCUT2D eigenvalue weighted by atomic mass is 10.1. The second kappa shape index (κ2) is 6.71. The molecule has 0 saturated heterocycles. The zero-order chi connectivity index (χ0) is 17.1. The number of carbonyl (C=O) groups excluding carboxylic acids is 1. The summed E-state index contributed by atoms with van der Waals surface area (Å²) >= 11 is 0. The molecule has 122 valence electrons. The molecule has 0 fully saturated rings. The molecule has 0 radical (unpaired) electrons. The number of rotatable bonds is 4. The summed E-state index contributed by atoms with van der Waals surface area (Å²) in [7, 11) is 0. The summed E-state index contributed by atoms with van der Waals surface area (Å²) in [6.45, 7) is 6.05. The average molecular weight is 321 g/mol. The molecule has 3 rings (SSSR count). The Morgan fingerprint density at radius 3 is 2.58 bits per heavy atom. The van der Waals surface area contributed by atoms with Gasteiger partial charge in [0.25, 0.3) is 0 Å². The van der Waals surface area contributed by atoms with Crippen LogP contribution in [0.1, 0.15) is 28.5 Å². The van der Waals surface area contributed by atoms with Crippen LogP contribution in [0.15, 0.2) is 48.5 Å². The fraction of sp³-hybridized carbons (Fsp3) is 0.200. The van der Waals surface area contributed by atoms with E-state index in [1.165, 1.54) is 0 Å². The molecule has 4 heteroatoms. The highest BCUT2D eigenvalue weighted by Gasteiger charge is 2.12. The Morgan fingerprint density at radius 2 is 1.83 bits per heavy atom. The van der Waals surface area contributed by atoms with Gasteiger partial charge < -0.3 is 9.47 Å². The summed E-state index contributed by atoms with van der Waals surface area (Å²) in [5.74, 6) is 1.12. The van der Waals surface area contributed by atoms with E-state index in [-0.39, 0.29) is 5.97 Å². The number of esters is 1. The van der Waals surface area contributed by atoms with Crippen molar-refractivity contribution in [3.05, 3.63) is 65.4 Å². The molecule has 24 heavy (non-hydrogen) atoms. The monoisotopic (exact) mass is 321 g/mol. The second-order valence-corrected chi connectivity index (χ2v) is 5.58. The molecule has 0 amide bonds. The molecule has 4 nitrogen and oxygen atoms in total. The standard InChI is InChI=1S/C20H19NO3/c1-4-23-20(22)15-9-10-17-16(12-15)19(11-14(3)21-17)24-18-8-6-5-7-13(18)2/h5-12H,4H2,1-3H3. The molecule has 0 aliphatic rings. The first kappa shape index (κ1) is 16.0. The zero-order valence-electron chi connectivity index (χ0n) is 14.0. The quantitative estimate of drug-likeness (QED) is 0.646. The molecular formula is C20H19NO3. The number of carbonyl (C=O) groups is 1. The molecule has 0 bridgehead atoms. The number of aromatic nitrogens is 1. The van der Waals surface area contributed by atoms with Crippen molar-refractivity contribution >= 4 is 16.9 Å². The van der Waals surface area contributed by atoms with Crippen molar-refractivity contribution in [1.82, 2.24) is 4.98 Å². The van der Waals surface area contributed by atoms with Crippen molar-refractivity contribution in [2.75, 3.05) is 6.61 Å². The number of nitrogens with zero attached hydrogens (tertiary/aromatic N) is 1. The van der Waals surface area contributed by atoms with Crippen molar-refractivity contribution in [1.29, 1.82) is 0 Å². The van der Waals surface area contributed by atoms with E-state index in [1.54, 1.807) is 19.1 Å². The van der Waals surface area contributed by atoms with Gasteiger partial charge in [-0.25, -0.2) is 4.79 Å². The molecule has 0 unspecified atom stereocenters. The van der Waals surface area contributed by atoms with E-state index < -0.39 is 0 Å². The Balaban J connectivity index is 2.10. The van der Waals surface area contributed by atoms with E-state index in [0.29, 0.717) is 17.9 Å². The number of pyridine rings is 1. The number of ether oxygens (including phenoxy) is 2. The summed E-state index contributed by atoms with van der Waals surface area (Å²) in [6.07, 6.45) is 0. The van der Waals surface area contributed by atoms with Gasteiger partial charge in [-0.1, -0.05) is 18.2 Å². The van der Waals surface area contributed by atoms with Gasteiger partial charge in [0.15, 0.2) is 0 Å². The number of hydrogen-bond donors (Lipinski definition) is 0. The average Bonchev–Trinajstić information content (AvgIpc) is 2.56. The molecule has 1 heterocycles. The first-order valence-corrected chi connectivity index (χ1v) is 7.90. The highest BCUT2D eigenvalue weighted by Crippen LogP contribution is 2.32. The number of aryl methyl sites for hydroxylation is 2. The summed E-state index contributed by atoms with van der Waals surface area (Å²) in [5.41, 5.74) is 3.17. The van der Waals surface area contributed by atoms with E-state index in [9.17, 15) is 4.79 Å². The molecule has 0 saturated carbocycles. The Kier molecular flexibility index (Phi) is 4.47. The van der Waals surface area contributed by atoms with Crippen LogP contribution in [0.2, 0.25) is 0 Å². The van der Waals surface area contributed by atoms with Crippen molar-refractivity contribution in [3.8, 4) is 11.5 Å². The summed E-state index contributed by atoms with van der Waals surface area (Å²) in [5, 5.41) is 0.786. The van der Waals surface area contributed by atoms with Crippen molar-refractivity contribution in [3.63, 3.8) is 0 Å². The molecule has 0 aliphatic heterocycles. The first-order valence-electron chi connectivity index (χ1n) is 7.90. The topological polar surface area (TPSA) is 48.4 Å². The predicted molar refractivity (Wildman–Crippen MR) is 93.7 cm³/mol. The predicted octanol–water partition coefficient (Wildman–Crippen LogP) is 4.82. The van der Waals surface area contributed by atoms with Gasteiger partial charge in [-0.3, -0.25) is 4.98 Å². The normalized spacial score (nSPS) is 10.6. The van der Waals surface area contributed by atoms with Crippen molar-refractivity contribution in [2.24, 2.45) is 0 Å². The lowest BCUT2D eigenvalue weighted by Gasteiger charge is -2.12. The minimum Gasteiger partial charge on any atom is -0.462 e. The Morgan fingerprint density at radius 1 is 1.04 bits per heavy atom. The van der Waals surface area contributed by atoms with Crippen LogP contribution in [-0.2, 0) is 4.74 Å². The van der Waals surface area contributed by atoms with Gasteiger partial charge in [-0.05, 0) is 50.6 Å². The van der Waals surface area contributed by atoms with Gasteiger partial charge in [0.2, 0.25) is 0 Å². The molecule has 0 atom stereocenters. The van der Waals surface area contributed by atoms with Crippen LogP contribution in [0.4, 0.5) is 0 Å². The van der Waals surface area contributed by atoms with E-state index in [4.69, 9.17) is 9.47 Å². The Hall–Kier alpha value is -2.88. The maximum atomic E-state index is 12.0. The molecule has 2 aromatic carbocycles. The minimum atomic E-state index is -0.346. The summed E-state index contributed by atoms with van der Waals surface area (Å²) in [6, 6.07) is 15.0. The van der Waals surface area contributed by atoms with Gasteiger partial charge in [-0.15, -0.1) is 0 Å². The highest BCUT2D eigenvalue weighted by atomic mass is 16.5. The number of hydrogen-bond acceptors (Lipinski definition) is 4. The first-order chi connectivity index (χ1) is 11.6. The van der Waals surface area contributed by atoms with Crippen LogP contribution in [0.3, 0.4) is 0 Å². The van der Waals surface area contributed by atoms with Gasteiger partial charge in [0, 0.05) is 17.1 Å². The van der Waals surface area contributed by atoms with E-state index in [0.717, 1.165) is 27.9 Å². The lowest BCUT2D eigenvalue weighted by Crippen LogP contribution is -2.04. The van der Waals surface area contributed by atoms with E-state index in [2.05, 4.69) is 4.98 Å². The molecule has 3 aromatic rings. The molecule has 0 spiro atoms. The van der Waals surface area contributed by atoms with Crippen LogP contribution in [0.25, 0.3) is 10.9 Å². The van der Waals surface area contributed by atoms with Crippen molar-refractivity contribution < 1.29 is 14.3 Å². The fourth-order valence-corrected chi connectivity index (χ4v) is 2.54. The maximum absolute atomic E-state index is 12.0. The summed E-state index contributed by atoms with van der Waals surface area (Å²) < 4.78 is 11.2. The Bertz CT molecular complexity index is 903. The Labute approximate surface area is 141 Å². The number of benzene rings is 2. The second-order valence-electron chi connectivity index (χ2n) is 5.58. The minimum absolute atomic E-state index is 0.343. The molecule has 0 N–H and O–H groups in total. The zero-order valence-corrected chi connectivity index (χ0v) is 14.0. The third-order valence-corrected chi connectivity index (χ3v) is 3.72. The SMILES string of the molecule is CCOC(=O)c1ccc2nc(C)cc(Oc3ccccc3C)c2c1. The largest absolute Gasteiger partial charge is 0.462 e. The van der Waals surface area contributed by atoms with Gasteiger partial charge in [-0.2, -0.15) is 0 Å². The van der Waals surface area contributed by atoms with Gasteiger partial charge in [0.1, 0.15) is 11.5 Å². The fourth-order valence-electron chi connectivity index (χ4n) is 2.54. The molecule has 0 aliphatic carbocycles. The number of fused-ring (bicyclic) bond motifs is 1. The molecular weight excluding hydrogens is 302 g/mol. The maximum Gasteiger partial charge on any atom is 0.338 e.